The van der Waals surface area contributed by atoms with Crippen LogP contribution in [0.15, 0.2) is 12.1 Å². The van der Waals surface area contributed by atoms with Crippen LogP contribution in [-0.2, 0) is 14.6 Å². The predicted molar refractivity (Wildman–Crippen MR) is 72.6 cm³/mol. The molecule has 0 spiro atoms. The molecule has 0 aliphatic carbocycles. The van der Waals surface area contributed by atoms with Crippen LogP contribution in [0.1, 0.15) is 29.6 Å². The lowest BCUT2D eigenvalue weighted by Crippen LogP contribution is -2.24. The molecule has 1 aromatic carbocycles. The van der Waals surface area contributed by atoms with E-state index in [1.807, 2.05) is 0 Å². The van der Waals surface area contributed by atoms with Crippen LogP contribution < -0.4 is 0 Å². The van der Waals surface area contributed by atoms with Gasteiger partial charge in [-0.25, -0.2) is 26.4 Å². The smallest absolute Gasteiger partial charge is 0.341 e. The number of hydrogen-bond donors (Lipinski definition) is 0. The van der Waals surface area contributed by atoms with E-state index in [4.69, 9.17) is 4.74 Å². The van der Waals surface area contributed by atoms with Crippen LogP contribution in [0.5, 0.6) is 0 Å². The van der Waals surface area contributed by atoms with E-state index in [1.54, 1.807) is 0 Å². The van der Waals surface area contributed by atoms with Crippen molar-refractivity contribution in [1.82, 2.24) is 0 Å². The van der Waals surface area contributed by atoms with Gasteiger partial charge in [-0.05, 0) is 37.3 Å². The molecule has 0 amide bonds. The van der Waals surface area contributed by atoms with Gasteiger partial charge < -0.3 is 4.74 Å². The Morgan fingerprint density at radius 2 is 1.77 bits per heavy atom. The first kappa shape index (κ1) is 16.8. The highest BCUT2D eigenvalue weighted by Gasteiger charge is 2.24. The van der Waals surface area contributed by atoms with Crippen molar-refractivity contribution in [2.75, 3.05) is 18.1 Å². The fourth-order valence-corrected chi connectivity index (χ4v) is 3.90. The fourth-order valence-electron chi connectivity index (χ4n) is 2.31. The summed E-state index contributed by atoms with van der Waals surface area (Å²) < 4.78 is 66.6. The zero-order valence-electron chi connectivity index (χ0n) is 11.6. The number of ether oxygens (including phenoxy) is 1. The molecule has 1 saturated heterocycles. The lowest BCUT2D eigenvalue weighted by atomic mass is 9.99. The molecule has 122 valence electrons. The number of carbonyl (C=O) groups excluding carboxylic acids is 1. The Morgan fingerprint density at radius 1 is 1.14 bits per heavy atom. The molecule has 8 heteroatoms. The van der Waals surface area contributed by atoms with Crippen LogP contribution in [0.4, 0.5) is 13.2 Å². The van der Waals surface area contributed by atoms with Gasteiger partial charge in [0, 0.05) is 0 Å². The van der Waals surface area contributed by atoms with Gasteiger partial charge in [0.25, 0.3) is 0 Å². The number of carbonyl (C=O) groups is 1. The third kappa shape index (κ3) is 4.00. The zero-order chi connectivity index (χ0) is 16.3. The molecule has 22 heavy (non-hydrogen) atoms. The summed E-state index contributed by atoms with van der Waals surface area (Å²) in [5.74, 6) is -5.39. The topological polar surface area (TPSA) is 60.4 Å². The van der Waals surface area contributed by atoms with Crippen molar-refractivity contribution in [3.8, 4) is 0 Å². The molecule has 0 atom stereocenters. The second-order valence-corrected chi connectivity index (χ2v) is 7.55. The summed E-state index contributed by atoms with van der Waals surface area (Å²) >= 11 is 0. The Bertz CT molecular complexity index is 659. The van der Waals surface area contributed by atoms with Gasteiger partial charge in [0.15, 0.2) is 17.5 Å². The number of sulfone groups is 1. The SMILES string of the molecule is O=C(OCCC1CCS(=O)(=O)CC1)c1ccc(F)c(F)c1F. The van der Waals surface area contributed by atoms with Crippen LogP contribution in [0.25, 0.3) is 0 Å². The summed E-state index contributed by atoms with van der Waals surface area (Å²) in [4.78, 5) is 11.6. The minimum Gasteiger partial charge on any atom is -0.462 e. The minimum atomic E-state index is -2.95. The summed E-state index contributed by atoms with van der Waals surface area (Å²) in [6.45, 7) is -0.0258. The highest BCUT2D eigenvalue weighted by Crippen LogP contribution is 2.22. The molecule has 0 aromatic heterocycles. The molecule has 0 radical (unpaired) electrons. The summed E-state index contributed by atoms with van der Waals surface area (Å²) in [5, 5.41) is 0. The molecule has 0 unspecified atom stereocenters. The van der Waals surface area contributed by atoms with Crippen molar-refractivity contribution in [2.45, 2.75) is 19.3 Å². The minimum absolute atomic E-state index is 0.0258. The normalized spacial score (nSPS) is 18.1. The van der Waals surface area contributed by atoms with Crippen LogP contribution >= 0.6 is 0 Å². The van der Waals surface area contributed by atoms with Gasteiger partial charge in [-0.1, -0.05) is 0 Å². The molecule has 1 fully saturated rings. The molecular formula is C14H15F3O4S. The molecule has 1 aliphatic heterocycles. The number of hydrogen-bond acceptors (Lipinski definition) is 4. The van der Waals surface area contributed by atoms with Gasteiger partial charge in [-0.15, -0.1) is 0 Å². The lowest BCUT2D eigenvalue weighted by Gasteiger charge is -2.21. The first-order chi connectivity index (χ1) is 10.3. The molecule has 2 rings (SSSR count). The second-order valence-electron chi connectivity index (χ2n) is 5.24. The predicted octanol–water partition coefficient (Wildman–Crippen LogP) is 2.48. The van der Waals surface area contributed by atoms with E-state index in [0.29, 0.717) is 25.3 Å². The zero-order valence-corrected chi connectivity index (χ0v) is 12.5. The molecule has 1 aliphatic rings. The Kier molecular flexibility index (Phi) is 5.10. The Hall–Kier alpha value is -1.57. The van der Waals surface area contributed by atoms with E-state index in [-0.39, 0.29) is 24.0 Å². The number of halogens is 3. The highest BCUT2D eigenvalue weighted by atomic mass is 32.2. The average Bonchev–Trinajstić information content (AvgIpc) is 2.46. The van der Waals surface area contributed by atoms with Gasteiger partial charge in [0.2, 0.25) is 0 Å². The largest absolute Gasteiger partial charge is 0.462 e. The third-order valence-electron chi connectivity index (χ3n) is 3.69. The quantitative estimate of drug-likeness (QED) is 0.626. The van der Waals surface area contributed by atoms with Crippen molar-refractivity contribution in [2.24, 2.45) is 5.92 Å². The van der Waals surface area contributed by atoms with Crippen molar-refractivity contribution < 1.29 is 31.1 Å². The number of esters is 1. The van der Waals surface area contributed by atoms with E-state index in [2.05, 4.69) is 0 Å². The van der Waals surface area contributed by atoms with Gasteiger partial charge >= 0.3 is 5.97 Å². The standard InChI is InChI=1S/C14H15F3O4S/c15-11-2-1-10(12(16)13(11)17)14(18)21-6-3-9-4-7-22(19,20)8-5-9/h1-2,9H,3-8H2. The second kappa shape index (κ2) is 6.68. The molecule has 0 saturated carbocycles. The Balaban J connectivity index is 1.85. The Morgan fingerprint density at radius 3 is 2.41 bits per heavy atom. The van der Waals surface area contributed by atoms with E-state index in [9.17, 15) is 26.4 Å². The monoisotopic (exact) mass is 336 g/mol. The maximum absolute atomic E-state index is 13.4. The molecule has 1 heterocycles. The maximum atomic E-state index is 13.4. The fraction of sp³-hybridized carbons (Fsp3) is 0.500. The summed E-state index contributed by atoms with van der Waals surface area (Å²) in [6, 6.07) is 1.48. The average molecular weight is 336 g/mol. The Labute approximate surface area is 126 Å². The molecule has 4 nitrogen and oxygen atoms in total. The van der Waals surface area contributed by atoms with Crippen LogP contribution in [-0.4, -0.2) is 32.5 Å². The first-order valence-corrected chi connectivity index (χ1v) is 8.63. The molecule has 1 aromatic rings. The number of rotatable bonds is 4. The third-order valence-corrected chi connectivity index (χ3v) is 5.40. The van der Waals surface area contributed by atoms with E-state index < -0.39 is 38.8 Å². The van der Waals surface area contributed by atoms with Crippen molar-refractivity contribution >= 4 is 15.8 Å². The summed E-state index contributed by atoms with van der Waals surface area (Å²) in [6.07, 6.45) is 1.45. The van der Waals surface area contributed by atoms with Crippen LogP contribution in [0, 0.1) is 23.4 Å². The van der Waals surface area contributed by atoms with Crippen molar-refractivity contribution in [1.29, 1.82) is 0 Å². The van der Waals surface area contributed by atoms with Crippen LogP contribution in [0.2, 0.25) is 0 Å². The number of benzene rings is 1. The van der Waals surface area contributed by atoms with E-state index in [0.717, 1.165) is 6.07 Å². The maximum Gasteiger partial charge on any atom is 0.341 e. The van der Waals surface area contributed by atoms with Crippen molar-refractivity contribution in [3.05, 3.63) is 35.1 Å². The van der Waals surface area contributed by atoms with Gasteiger partial charge in [-0.3, -0.25) is 0 Å². The molecule has 0 N–H and O–H groups in total. The van der Waals surface area contributed by atoms with E-state index >= 15 is 0 Å². The van der Waals surface area contributed by atoms with Crippen LogP contribution in [0.3, 0.4) is 0 Å². The summed E-state index contributed by atoms with van der Waals surface area (Å²) in [5.41, 5.74) is -0.662. The van der Waals surface area contributed by atoms with Gasteiger partial charge in [-0.2, -0.15) is 0 Å². The lowest BCUT2D eigenvalue weighted by molar-refractivity contribution is 0.0473. The molecular weight excluding hydrogens is 321 g/mol. The van der Waals surface area contributed by atoms with Crippen molar-refractivity contribution in [3.63, 3.8) is 0 Å². The van der Waals surface area contributed by atoms with E-state index in [1.165, 1.54) is 0 Å². The van der Waals surface area contributed by atoms with Gasteiger partial charge in [0.1, 0.15) is 9.84 Å². The first-order valence-electron chi connectivity index (χ1n) is 6.81. The molecule has 0 bridgehead atoms. The summed E-state index contributed by atoms with van der Waals surface area (Å²) in [7, 11) is -2.95. The highest BCUT2D eigenvalue weighted by molar-refractivity contribution is 7.91. The van der Waals surface area contributed by atoms with Gasteiger partial charge in [0.05, 0.1) is 23.7 Å².